The highest BCUT2D eigenvalue weighted by molar-refractivity contribution is 5.95. The number of carbonyl (C=O) groups is 1. The number of amides is 1. The van der Waals surface area contributed by atoms with Gasteiger partial charge in [-0.2, -0.15) is 0 Å². The Labute approximate surface area is 124 Å². The second kappa shape index (κ2) is 6.86. The molecule has 1 fully saturated rings. The molecule has 1 atom stereocenters. The highest BCUT2D eigenvalue weighted by Crippen LogP contribution is 2.13. The van der Waals surface area contributed by atoms with Crippen LogP contribution in [0.4, 0.5) is 5.82 Å². The molecular formula is C13H24N6O2. The van der Waals surface area contributed by atoms with E-state index in [-0.39, 0.29) is 17.4 Å². The summed E-state index contributed by atoms with van der Waals surface area (Å²) in [6.45, 7) is 9.04. The average Bonchev–Trinajstić information content (AvgIpc) is 2.86. The van der Waals surface area contributed by atoms with Gasteiger partial charge in [-0.05, 0) is 23.3 Å². The van der Waals surface area contributed by atoms with Gasteiger partial charge in [0.15, 0.2) is 0 Å². The van der Waals surface area contributed by atoms with Crippen LogP contribution in [0.25, 0.3) is 0 Å². The summed E-state index contributed by atoms with van der Waals surface area (Å²) >= 11 is 0. The Morgan fingerprint density at radius 2 is 2.00 bits per heavy atom. The predicted molar refractivity (Wildman–Crippen MR) is 78.7 cm³/mol. The fourth-order valence-corrected chi connectivity index (χ4v) is 2.57. The Morgan fingerprint density at radius 3 is 2.52 bits per heavy atom. The molecule has 1 unspecified atom stereocenters. The number of nitrogens with zero attached hydrogens (tertiary/aromatic N) is 4. The number of hydrogen-bond acceptors (Lipinski definition) is 7. The van der Waals surface area contributed by atoms with E-state index in [2.05, 4.69) is 51.0 Å². The van der Waals surface area contributed by atoms with Gasteiger partial charge in [0.2, 0.25) is 11.5 Å². The lowest BCUT2D eigenvalue weighted by Gasteiger charge is -2.39. The van der Waals surface area contributed by atoms with Crippen LogP contribution in [0.1, 0.15) is 24.3 Å². The van der Waals surface area contributed by atoms with E-state index in [0.29, 0.717) is 18.5 Å². The van der Waals surface area contributed by atoms with Crippen molar-refractivity contribution in [3.8, 4) is 0 Å². The van der Waals surface area contributed by atoms with Crippen LogP contribution >= 0.6 is 0 Å². The molecule has 1 aliphatic rings. The van der Waals surface area contributed by atoms with Gasteiger partial charge in [-0.3, -0.25) is 9.69 Å². The van der Waals surface area contributed by atoms with Crippen LogP contribution in [0.5, 0.6) is 0 Å². The zero-order chi connectivity index (χ0) is 15.4. The van der Waals surface area contributed by atoms with Gasteiger partial charge in [-0.25, -0.2) is 4.63 Å². The van der Waals surface area contributed by atoms with Crippen molar-refractivity contribution in [1.29, 1.82) is 0 Å². The summed E-state index contributed by atoms with van der Waals surface area (Å²) in [5, 5.41) is 9.81. The van der Waals surface area contributed by atoms with E-state index in [0.717, 1.165) is 26.2 Å². The lowest BCUT2D eigenvalue weighted by molar-refractivity contribution is 0.0786. The van der Waals surface area contributed by atoms with Crippen LogP contribution in [-0.2, 0) is 0 Å². The number of likely N-dealkylation sites (N-methyl/N-ethyl adjacent to an activating group) is 1. The quantitative estimate of drug-likeness (QED) is 0.766. The highest BCUT2D eigenvalue weighted by atomic mass is 16.6. The van der Waals surface area contributed by atoms with Gasteiger partial charge in [-0.15, -0.1) is 0 Å². The largest absolute Gasteiger partial charge is 0.379 e. The zero-order valence-corrected chi connectivity index (χ0v) is 12.9. The number of nitrogen functional groups attached to an aromatic ring is 1. The third-order valence-corrected chi connectivity index (χ3v) is 3.98. The minimum atomic E-state index is -0.339. The van der Waals surface area contributed by atoms with Gasteiger partial charge in [0.1, 0.15) is 0 Å². The number of nitrogens with two attached hydrogens (primary N) is 1. The molecule has 0 aliphatic carbocycles. The predicted octanol–water partition coefficient (Wildman–Crippen LogP) is -0.346. The molecule has 2 heterocycles. The Hall–Kier alpha value is -1.67. The summed E-state index contributed by atoms with van der Waals surface area (Å²) in [6.07, 6.45) is 0. The molecule has 118 valence electrons. The van der Waals surface area contributed by atoms with E-state index in [4.69, 9.17) is 5.73 Å². The Morgan fingerprint density at radius 1 is 1.33 bits per heavy atom. The third kappa shape index (κ3) is 3.92. The van der Waals surface area contributed by atoms with Crippen LogP contribution in [-0.4, -0.2) is 71.8 Å². The maximum atomic E-state index is 12.0. The molecule has 0 bridgehead atoms. The lowest BCUT2D eigenvalue weighted by Crippen LogP contribution is -2.54. The smallest absolute Gasteiger partial charge is 0.277 e. The van der Waals surface area contributed by atoms with Gasteiger partial charge < -0.3 is 16.0 Å². The zero-order valence-electron chi connectivity index (χ0n) is 12.9. The van der Waals surface area contributed by atoms with E-state index in [1.807, 2.05) is 0 Å². The average molecular weight is 296 g/mol. The van der Waals surface area contributed by atoms with Crippen LogP contribution in [0.2, 0.25) is 0 Å². The maximum Gasteiger partial charge on any atom is 0.277 e. The van der Waals surface area contributed by atoms with Gasteiger partial charge in [-0.1, -0.05) is 13.8 Å². The van der Waals surface area contributed by atoms with Crippen molar-refractivity contribution in [2.24, 2.45) is 5.92 Å². The fraction of sp³-hybridized carbons (Fsp3) is 0.769. The van der Waals surface area contributed by atoms with Crippen molar-refractivity contribution in [1.82, 2.24) is 25.4 Å². The molecule has 0 aromatic carbocycles. The number of aromatic nitrogens is 2. The summed E-state index contributed by atoms with van der Waals surface area (Å²) in [5.41, 5.74) is 5.57. The Balaban J connectivity index is 1.91. The van der Waals surface area contributed by atoms with Gasteiger partial charge >= 0.3 is 0 Å². The van der Waals surface area contributed by atoms with E-state index in [9.17, 15) is 4.79 Å². The van der Waals surface area contributed by atoms with E-state index in [1.165, 1.54) is 0 Å². The molecule has 0 radical (unpaired) electrons. The van der Waals surface area contributed by atoms with E-state index in [1.54, 1.807) is 0 Å². The van der Waals surface area contributed by atoms with Crippen molar-refractivity contribution in [3.63, 3.8) is 0 Å². The molecule has 3 N–H and O–H groups in total. The van der Waals surface area contributed by atoms with Gasteiger partial charge in [0.25, 0.3) is 5.91 Å². The minimum Gasteiger partial charge on any atom is -0.379 e. The molecule has 1 saturated heterocycles. The van der Waals surface area contributed by atoms with Crippen LogP contribution in [0, 0.1) is 5.92 Å². The first kappa shape index (κ1) is 15.7. The molecule has 0 saturated carbocycles. The molecule has 8 heteroatoms. The number of hydrogen-bond donors (Lipinski definition) is 2. The van der Waals surface area contributed by atoms with E-state index < -0.39 is 0 Å². The maximum absolute atomic E-state index is 12.0. The normalized spacial score (nSPS) is 18.9. The minimum absolute atomic E-state index is 0.0215. The van der Waals surface area contributed by atoms with Gasteiger partial charge in [0, 0.05) is 38.8 Å². The fourth-order valence-electron chi connectivity index (χ4n) is 2.57. The first-order chi connectivity index (χ1) is 9.99. The lowest BCUT2D eigenvalue weighted by atomic mass is 10.0. The van der Waals surface area contributed by atoms with Crippen molar-refractivity contribution in [3.05, 3.63) is 5.69 Å². The number of anilines is 1. The molecule has 0 spiro atoms. The van der Waals surface area contributed by atoms with Crippen LogP contribution in [0.15, 0.2) is 4.63 Å². The molecular weight excluding hydrogens is 272 g/mol. The summed E-state index contributed by atoms with van der Waals surface area (Å²) in [4.78, 5) is 16.7. The number of rotatable bonds is 5. The first-order valence-electron chi connectivity index (χ1n) is 7.28. The van der Waals surface area contributed by atoms with Gasteiger partial charge in [0.05, 0.1) is 0 Å². The summed E-state index contributed by atoms with van der Waals surface area (Å²) < 4.78 is 4.45. The topological polar surface area (TPSA) is 101 Å². The Kier molecular flexibility index (Phi) is 5.13. The summed E-state index contributed by atoms with van der Waals surface area (Å²) in [7, 11) is 2.13. The number of piperazine rings is 1. The second-order valence-corrected chi connectivity index (χ2v) is 5.86. The SMILES string of the molecule is CC(C)C(CNC(=O)c1nonc1N)N1CCN(C)CC1. The number of nitrogens with one attached hydrogen (secondary N) is 1. The number of carbonyl (C=O) groups excluding carboxylic acids is 1. The molecule has 21 heavy (non-hydrogen) atoms. The Bertz CT molecular complexity index is 467. The molecule has 1 amide bonds. The molecule has 1 aromatic rings. The third-order valence-electron chi connectivity index (χ3n) is 3.98. The standard InChI is InChI=1S/C13H24N6O2/c1-9(2)10(19-6-4-18(3)5-7-19)8-15-13(20)11-12(14)17-21-16-11/h9-10H,4-8H2,1-3H3,(H2,14,17)(H,15,20). The van der Waals surface area contributed by atoms with Crippen molar-refractivity contribution < 1.29 is 9.42 Å². The molecule has 1 aromatic heterocycles. The first-order valence-corrected chi connectivity index (χ1v) is 7.28. The summed E-state index contributed by atoms with van der Waals surface area (Å²) in [6, 6.07) is 0.295. The van der Waals surface area contributed by atoms with Crippen molar-refractivity contribution >= 4 is 11.7 Å². The molecule has 8 nitrogen and oxygen atoms in total. The monoisotopic (exact) mass is 296 g/mol. The highest BCUT2D eigenvalue weighted by Gasteiger charge is 2.26. The molecule has 1 aliphatic heterocycles. The summed E-state index contributed by atoms with van der Waals surface area (Å²) in [5.74, 6) is 0.128. The van der Waals surface area contributed by atoms with Crippen LogP contribution < -0.4 is 11.1 Å². The van der Waals surface area contributed by atoms with Crippen molar-refractivity contribution in [2.45, 2.75) is 19.9 Å². The van der Waals surface area contributed by atoms with E-state index >= 15 is 0 Å². The van der Waals surface area contributed by atoms with Crippen LogP contribution in [0.3, 0.4) is 0 Å². The molecule has 2 rings (SSSR count). The van der Waals surface area contributed by atoms with Crippen molar-refractivity contribution in [2.75, 3.05) is 45.5 Å². The second-order valence-electron chi connectivity index (χ2n) is 5.86.